The van der Waals surface area contributed by atoms with E-state index in [0.717, 1.165) is 81.7 Å². The number of hydrogen-bond acceptors (Lipinski definition) is 4. The van der Waals surface area contributed by atoms with E-state index in [1.807, 2.05) is 66.8 Å². The maximum Gasteiger partial charge on any atom is 0.132 e. The Labute approximate surface area is 222 Å². The third kappa shape index (κ3) is 4.75. The lowest BCUT2D eigenvalue weighted by atomic mass is 9.93. The minimum Gasteiger partial charge on any atom is -0.507 e. The van der Waals surface area contributed by atoms with Gasteiger partial charge in [0.1, 0.15) is 5.76 Å². The fourth-order valence-corrected chi connectivity index (χ4v) is 5.20. The van der Waals surface area contributed by atoms with Crippen LogP contribution in [0.3, 0.4) is 0 Å². The Morgan fingerprint density at radius 3 is 1.79 bits per heavy atom. The number of nitrogens with zero attached hydrogens (tertiary/aromatic N) is 3. The van der Waals surface area contributed by atoms with Crippen LogP contribution >= 0.6 is 0 Å². The fraction of sp³-hybridized carbons (Fsp3) is 0.182. The number of aryl methyl sites for hydroxylation is 2. The molecule has 0 unspecified atom stereocenters. The van der Waals surface area contributed by atoms with Crippen molar-refractivity contribution in [3.05, 3.63) is 123 Å². The lowest BCUT2D eigenvalue weighted by Crippen LogP contribution is -2.27. The number of aliphatic hydroxyl groups excluding tert-OH is 1. The number of allylic oxidation sites excluding steroid dienone is 8. The second-order valence-corrected chi connectivity index (χ2v) is 9.81. The van der Waals surface area contributed by atoms with E-state index in [1.54, 1.807) is 0 Å². The molecule has 0 amide bonds. The molecule has 1 aromatic heterocycles. The monoisotopic (exact) mass is 498 g/mol. The van der Waals surface area contributed by atoms with Crippen LogP contribution in [0.2, 0.25) is 0 Å². The van der Waals surface area contributed by atoms with Gasteiger partial charge in [-0.15, -0.1) is 0 Å². The molecule has 2 N–H and O–H groups in total. The van der Waals surface area contributed by atoms with Crippen LogP contribution in [0.25, 0.3) is 17.9 Å². The Morgan fingerprint density at radius 2 is 1.24 bits per heavy atom. The molecule has 188 valence electrons. The summed E-state index contributed by atoms with van der Waals surface area (Å²) in [6.45, 7) is 4.35. The Hall–Kier alpha value is -4.51. The van der Waals surface area contributed by atoms with Crippen molar-refractivity contribution in [2.75, 3.05) is 0 Å². The van der Waals surface area contributed by atoms with Crippen LogP contribution in [0.5, 0.6) is 0 Å². The zero-order valence-electron chi connectivity index (χ0n) is 21.7. The van der Waals surface area contributed by atoms with Gasteiger partial charge in [-0.2, -0.15) is 0 Å². The largest absolute Gasteiger partial charge is 0.507 e. The lowest BCUT2D eigenvalue weighted by molar-refractivity contribution is 0.505. The van der Waals surface area contributed by atoms with Gasteiger partial charge in [0, 0.05) is 16.5 Å². The van der Waals surface area contributed by atoms with E-state index in [9.17, 15) is 5.11 Å². The number of aromatic amines is 1. The molecule has 8 bridgehead atoms. The molecule has 2 aromatic rings. The molecule has 0 spiro atoms. The zero-order valence-corrected chi connectivity index (χ0v) is 21.7. The van der Waals surface area contributed by atoms with Gasteiger partial charge in [-0.25, -0.2) is 15.0 Å². The Morgan fingerprint density at radius 1 is 0.711 bits per heavy atom. The standard InChI is InChI=1S/C33H30N4O/c1-3-6-21-8-5-9-22(7-4-2)32(21)33(38)30-19-29-18-27-13-12-25(35-27)16-23-10-11-24(34-23)17-26-14-15-28(36-26)20-31(30)37-29/h5,8-20,37-38H,3-4,6-7H2,1-2H3. The number of fused-ring (bicyclic) bond motifs is 5. The third-order valence-electron chi connectivity index (χ3n) is 6.87. The van der Waals surface area contributed by atoms with Crippen molar-refractivity contribution in [1.29, 1.82) is 0 Å². The smallest absolute Gasteiger partial charge is 0.132 e. The van der Waals surface area contributed by atoms with Crippen LogP contribution in [-0.2, 0) is 12.8 Å². The highest BCUT2D eigenvalue weighted by Gasteiger charge is 2.15. The van der Waals surface area contributed by atoms with Gasteiger partial charge in [0.15, 0.2) is 0 Å². The number of aliphatic imine (C=N–C) groups is 3. The number of H-pyrrole nitrogens is 1. The van der Waals surface area contributed by atoms with Crippen LogP contribution in [0.15, 0.2) is 105 Å². The van der Waals surface area contributed by atoms with Crippen LogP contribution in [-0.4, -0.2) is 27.2 Å². The molecule has 38 heavy (non-hydrogen) atoms. The minimum absolute atomic E-state index is 0.300. The lowest BCUT2D eigenvalue weighted by Gasteiger charge is -2.13. The van der Waals surface area contributed by atoms with E-state index in [2.05, 4.69) is 42.0 Å². The van der Waals surface area contributed by atoms with Crippen molar-refractivity contribution in [1.82, 2.24) is 4.98 Å². The Bertz CT molecular complexity index is 1700. The molecule has 6 rings (SSSR count). The van der Waals surface area contributed by atoms with Crippen molar-refractivity contribution in [3.8, 4) is 0 Å². The Kier molecular flexibility index (Phi) is 6.34. The first-order valence-corrected chi connectivity index (χ1v) is 13.3. The molecule has 5 heteroatoms. The molecular formula is C33H30N4O. The SMILES string of the molecule is CCCc1cccc(CCC)c1C(O)=c1cc2[nH]c1=CC1=NC(=CC3=NC(=CC4=NC(=C2)C=C4)C=C3)C=C1. The molecule has 0 atom stereocenters. The molecule has 0 radical (unpaired) electrons. The molecule has 0 saturated carbocycles. The van der Waals surface area contributed by atoms with E-state index in [0.29, 0.717) is 5.76 Å². The predicted molar refractivity (Wildman–Crippen MR) is 158 cm³/mol. The number of benzene rings is 1. The predicted octanol–water partition coefficient (Wildman–Crippen LogP) is 5.57. The van der Waals surface area contributed by atoms with Gasteiger partial charge in [0.25, 0.3) is 0 Å². The fourth-order valence-electron chi connectivity index (χ4n) is 5.20. The van der Waals surface area contributed by atoms with E-state index < -0.39 is 0 Å². The summed E-state index contributed by atoms with van der Waals surface area (Å²) in [6, 6.07) is 8.38. The molecule has 1 aromatic carbocycles. The maximum absolute atomic E-state index is 11.8. The number of nitrogens with one attached hydrogen (secondary N) is 1. The van der Waals surface area contributed by atoms with Crippen LogP contribution in [0.1, 0.15) is 49.1 Å². The summed E-state index contributed by atoms with van der Waals surface area (Å²) in [5.74, 6) is 0.300. The molecule has 0 saturated heterocycles. The van der Waals surface area contributed by atoms with Gasteiger partial charge in [-0.05, 0) is 90.8 Å². The number of aromatic nitrogens is 1. The number of aliphatic hydroxyl groups is 1. The van der Waals surface area contributed by atoms with Crippen molar-refractivity contribution in [2.24, 2.45) is 15.0 Å². The average molecular weight is 499 g/mol. The van der Waals surface area contributed by atoms with Crippen LogP contribution in [0, 0.1) is 0 Å². The van der Waals surface area contributed by atoms with E-state index in [1.165, 1.54) is 11.1 Å². The van der Waals surface area contributed by atoms with E-state index in [-0.39, 0.29) is 0 Å². The summed E-state index contributed by atoms with van der Waals surface area (Å²) < 4.78 is 0. The minimum atomic E-state index is 0.300. The molecule has 5 heterocycles. The first-order chi connectivity index (χ1) is 18.6. The van der Waals surface area contributed by atoms with E-state index >= 15 is 0 Å². The van der Waals surface area contributed by atoms with Gasteiger partial charge in [-0.1, -0.05) is 44.9 Å². The highest BCUT2D eigenvalue weighted by atomic mass is 16.3. The summed E-state index contributed by atoms with van der Waals surface area (Å²) in [6.07, 6.45) is 23.7. The van der Waals surface area contributed by atoms with Gasteiger partial charge < -0.3 is 10.1 Å². The average Bonchev–Trinajstić information content (AvgIpc) is 3.70. The summed E-state index contributed by atoms with van der Waals surface area (Å²) >= 11 is 0. The van der Waals surface area contributed by atoms with Crippen LogP contribution in [0.4, 0.5) is 0 Å². The van der Waals surface area contributed by atoms with Crippen LogP contribution < -0.4 is 10.6 Å². The molecule has 4 aliphatic heterocycles. The summed E-state index contributed by atoms with van der Waals surface area (Å²) in [5.41, 5.74) is 9.24. The van der Waals surface area contributed by atoms with E-state index in [4.69, 9.17) is 9.98 Å². The Balaban J connectivity index is 1.60. The third-order valence-corrected chi connectivity index (χ3v) is 6.87. The maximum atomic E-state index is 11.8. The van der Waals surface area contributed by atoms with Gasteiger partial charge in [0.2, 0.25) is 0 Å². The molecule has 5 nitrogen and oxygen atoms in total. The van der Waals surface area contributed by atoms with Crippen molar-refractivity contribution in [3.63, 3.8) is 0 Å². The second kappa shape index (κ2) is 10.1. The van der Waals surface area contributed by atoms with Crippen molar-refractivity contribution < 1.29 is 5.11 Å². The van der Waals surface area contributed by atoms with Gasteiger partial charge in [-0.3, -0.25) is 0 Å². The molecule has 4 aliphatic rings. The van der Waals surface area contributed by atoms with Crippen molar-refractivity contribution in [2.45, 2.75) is 39.5 Å². The normalized spacial score (nSPS) is 17.9. The second-order valence-electron chi connectivity index (χ2n) is 9.81. The molecule has 0 aliphatic carbocycles. The van der Waals surface area contributed by atoms with Gasteiger partial charge in [0.05, 0.1) is 39.6 Å². The zero-order chi connectivity index (χ0) is 26.1. The van der Waals surface area contributed by atoms with Gasteiger partial charge >= 0.3 is 0 Å². The number of rotatable bonds is 5. The number of hydrogen-bond donors (Lipinski definition) is 2. The summed E-state index contributed by atoms with van der Waals surface area (Å²) in [4.78, 5) is 17.7. The first kappa shape index (κ1) is 23.9. The molecule has 0 fully saturated rings. The summed E-state index contributed by atoms with van der Waals surface area (Å²) in [7, 11) is 0. The first-order valence-electron chi connectivity index (χ1n) is 13.3. The van der Waals surface area contributed by atoms with Crippen molar-refractivity contribution >= 4 is 35.0 Å². The quantitative estimate of drug-likeness (QED) is 0.556. The molecular weight excluding hydrogens is 468 g/mol. The summed E-state index contributed by atoms with van der Waals surface area (Å²) in [5, 5.41) is 13.4. The highest BCUT2D eigenvalue weighted by molar-refractivity contribution is 6.20. The highest BCUT2D eigenvalue weighted by Crippen LogP contribution is 2.24. The topological polar surface area (TPSA) is 73.1 Å².